The average molecular weight is 183 g/mol. The average Bonchev–Trinajstić information content (AvgIpc) is 2.34. The monoisotopic (exact) mass is 183 g/mol. The van der Waals surface area contributed by atoms with Gasteiger partial charge >= 0.3 is 0 Å². The molecular formula is C8H17N5. The van der Waals surface area contributed by atoms with E-state index in [1.54, 1.807) is 0 Å². The zero-order valence-electron chi connectivity index (χ0n) is 8.20. The molecule has 1 aliphatic rings. The Labute approximate surface area is 78.5 Å². The predicted octanol–water partition coefficient (Wildman–Crippen LogP) is -0.413. The Hall–Kier alpha value is -1.26. The smallest absolute Gasteiger partial charge is 0.224 e. The number of rotatable bonds is 2. The van der Waals surface area contributed by atoms with Gasteiger partial charge in [0.05, 0.1) is 6.54 Å². The first-order valence-electron chi connectivity index (χ1n) is 4.48. The van der Waals surface area contributed by atoms with Gasteiger partial charge < -0.3 is 16.4 Å². The molecule has 0 radical (unpaired) electrons. The molecular weight excluding hydrogens is 166 g/mol. The molecule has 0 aromatic carbocycles. The van der Waals surface area contributed by atoms with Crippen molar-refractivity contribution in [3.05, 3.63) is 0 Å². The highest BCUT2D eigenvalue weighted by Gasteiger charge is 2.16. The minimum atomic E-state index is 0.0782. The number of hydrogen-bond acceptors (Lipinski definition) is 3. The Morgan fingerprint density at radius 2 is 2.31 bits per heavy atom. The molecule has 4 N–H and O–H groups in total. The summed E-state index contributed by atoms with van der Waals surface area (Å²) in [5, 5.41) is 0. The van der Waals surface area contributed by atoms with E-state index >= 15 is 0 Å². The highest BCUT2D eigenvalue weighted by atomic mass is 15.3. The quantitative estimate of drug-likeness (QED) is 0.451. The molecule has 0 spiro atoms. The Morgan fingerprint density at radius 3 is 2.85 bits per heavy atom. The largest absolute Gasteiger partial charge is 0.370 e. The van der Waals surface area contributed by atoms with Crippen molar-refractivity contribution in [1.82, 2.24) is 4.90 Å². The Bertz CT molecular complexity index is 227. The lowest BCUT2D eigenvalue weighted by atomic mass is 10.2. The van der Waals surface area contributed by atoms with Gasteiger partial charge in [-0.1, -0.05) is 13.8 Å². The fourth-order valence-electron chi connectivity index (χ4n) is 1.31. The van der Waals surface area contributed by atoms with Crippen LogP contribution in [0.15, 0.2) is 9.98 Å². The molecule has 0 saturated carbocycles. The van der Waals surface area contributed by atoms with Crippen LogP contribution in [0.5, 0.6) is 0 Å². The van der Waals surface area contributed by atoms with Crippen molar-refractivity contribution in [2.75, 3.05) is 19.6 Å². The molecule has 0 bridgehead atoms. The molecule has 0 unspecified atom stereocenters. The van der Waals surface area contributed by atoms with Gasteiger partial charge in [-0.05, 0) is 5.92 Å². The third-order valence-corrected chi connectivity index (χ3v) is 1.72. The van der Waals surface area contributed by atoms with Crippen molar-refractivity contribution in [3.8, 4) is 0 Å². The van der Waals surface area contributed by atoms with Gasteiger partial charge in [-0.25, -0.2) is 4.99 Å². The molecule has 0 aromatic rings. The standard InChI is InChI=1S/C8H17N5/c1-6(2)5-13-4-3-11-8(13)12-7(9)10/h6H,3-5H2,1-2H3,(H4,9,10,11,12). The molecule has 1 rings (SSSR count). The van der Waals surface area contributed by atoms with E-state index in [2.05, 4.69) is 28.7 Å². The second kappa shape index (κ2) is 4.11. The summed E-state index contributed by atoms with van der Waals surface area (Å²) in [6.07, 6.45) is 0. The van der Waals surface area contributed by atoms with Gasteiger partial charge in [-0.15, -0.1) is 0 Å². The fraction of sp³-hybridized carbons (Fsp3) is 0.750. The number of aliphatic imine (C=N–C) groups is 2. The van der Waals surface area contributed by atoms with Gasteiger partial charge in [0.2, 0.25) is 5.96 Å². The van der Waals surface area contributed by atoms with Crippen LogP contribution >= 0.6 is 0 Å². The topological polar surface area (TPSA) is 80.0 Å². The molecule has 74 valence electrons. The van der Waals surface area contributed by atoms with Crippen LogP contribution in [0, 0.1) is 5.92 Å². The van der Waals surface area contributed by atoms with E-state index in [0.717, 1.165) is 19.6 Å². The third kappa shape index (κ3) is 2.93. The van der Waals surface area contributed by atoms with Crippen LogP contribution in [0.4, 0.5) is 0 Å². The van der Waals surface area contributed by atoms with Crippen LogP contribution in [0.2, 0.25) is 0 Å². The summed E-state index contributed by atoms with van der Waals surface area (Å²) in [6, 6.07) is 0. The van der Waals surface area contributed by atoms with E-state index in [1.165, 1.54) is 0 Å². The summed E-state index contributed by atoms with van der Waals surface area (Å²) in [7, 11) is 0. The number of hydrogen-bond donors (Lipinski definition) is 2. The SMILES string of the molecule is CC(C)CN1CCN=C1N=C(N)N. The molecule has 13 heavy (non-hydrogen) atoms. The predicted molar refractivity (Wildman–Crippen MR) is 54.5 cm³/mol. The highest BCUT2D eigenvalue weighted by molar-refractivity contribution is 5.94. The van der Waals surface area contributed by atoms with E-state index < -0.39 is 0 Å². The van der Waals surface area contributed by atoms with Gasteiger partial charge in [-0.2, -0.15) is 4.99 Å². The van der Waals surface area contributed by atoms with Crippen molar-refractivity contribution in [3.63, 3.8) is 0 Å². The molecule has 0 aliphatic carbocycles. The number of guanidine groups is 2. The van der Waals surface area contributed by atoms with Crippen molar-refractivity contribution < 1.29 is 0 Å². The molecule has 5 nitrogen and oxygen atoms in total. The zero-order valence-corrected chi connectivity index (χ0v) is 8.20. The maximum Gasteiger partial charge on any atom is 0.224 e. The van der Waals surface area contributed by atoms with E-state index in [0.29, 0.717) is 11.9 Å². The third-order valence-electron chi connectivity index (χ3n) is 1.72. The summed E-state index contributed by atoms with van der Waals surface area (Å²) in [5.74, 6) is 1.35. The van der Waals surface area contributed by atoms with E-state index in [1.807, 2.05) is 0 Å². The lowest BCUT2D eigenvalue weighted by Crippen LogP contribution is -2.33. The minimum absolute atomic E-state index is 0.0782. The zero-order chi connectivity index (χ0) is 9.84. The maximum atomic E-state index is 5.29. The van der Waals surface area contributed by atoms with Crippen LogP contribution in [0.25, 0.3) is 0 Å². The van der Waals surface area contributed by atoms with Crippen LogP contribution < -0.4 is 11.5 Å². The molecule has 0 amide bonds. The second-order valence-corrected chi connectivity index (χ2v) is 3.56. The Kier molecular flexibility index (Phi) is 3.11. The summed E-state index contributed by atoms with van der Waals surface area (Å²) < 4.78 is 0. The van der Waals surface area contributed by atoms with Crippen LogP contribution in [-0.2, 0) is 0 Å². The normalized spacial score (nSPS) is 16.2. The Morgan fingerprint density at radius 1 is 1.62 bits per heavy atom. The van der Waals surface area contributed by atoms with E-state index in [-0.39, 0.29) is 5.96 Å². The van der Waals surface area contributed by atoms with Gasteiger partial charge in [0.25, 0.3) is 0 Å². The summed E-state index contributed by atoms with van der Waals surface area (Å²) in [4.78, 5) is 10.3. The first-order valence-corrected chi connectivity index (χ1v) is 4.48. The molecule has 1 aliphatic heterocycles. The number of nitrogens with two attached hydrogens (primary N) is 2. The minimum Gasteiger partial charge on any atom is -0.370 e. The summed E-state index contributed by atoms with van der Waals surface area (Å²) in [6.45, 7) is 6.98. The van der Waals surface area contributed by atoms with Gasteiger partial charge in [0.1, 0.15) is 0 Å². The first-order chi connectivity index (χ1) is 6.09. The molecule has 0 aromatic heterocycles. The lowest BCUT2D eigenvalue weighted by molar-refractivity contribution is 0.390. The van der Waals surface area contributed by atoms with E-state index in [9.17, 15) is 0 Å². The highest BCUT2D eigenvalue weighted by Crippen LogP contribution is 2.06. The van der Waals surface area contributed by atoms with Crippen molar-refractivity contribution in [1.29, 1.82) is 0 Å². The molecule has 5 heteroatoms. The Balaban J connectivity index is 2.58. The second-order valence-electron chi connectivity index (χ2n) is 3.56. The lowest BCUT2D eigenvalue weighted by Gasteiger charge is -2.19. The van der Waals surface area contributed by atoms with Crippen LogP contribution in [-0.4, -0.2) is 36.5 Å². The van der Waals surface area contributed by atoms with Crippen molar-refractivity contribution >= 4 is 11.9 Å². The first kappa shape index (κ1) is 9.83. The molecule has 0 atom stereocenters. The van der Waals surface area contributed by atoms with Crippen LogP contribution in [0.1, 0.15) is 13.8 Å². The summed E-state index contributed by atoms with van der Waals surface area (Å²) in [5.41, 5.74) is 10.6. The van der Waals surface area contributed by atoms with Gasteiger partial charge in [0, 0.05) is 13.1 Å². The van der Waals surface area contributed by atoms with E-state index in [4.69, 9.17) is 11.5 Å². The fourth-order valence-corrected chi connectivity index (χ4v) is 1.31. The van der Waals surface area contributed by atoms with Crippen LogP contribution in [0.3, 0.4) is 0 Å². The molecule has 0 saturated heterocycles. The summed E-state index contributed by atoms with van der Waals surface area (Å²) >= 11 is 0. The van der Waals surface area contributed by atoms with Crippen molar-refractivity contribution in [2.45, 2.75) is 13.8 Å². The maximum absolute atomic E-state index is 5.29. The molecule has 0 fully saturated rings. The molecule has 1 heterocycles. The number of nitrogens with zero attached hydrogens (tertiary/aromatic N) is 3. The van der Waals surface area contributed by atoms with Crippen molar-refractivity contribution in [2.24, 2.45) is 27.4 Å². The van der Waals surface area contributed by atoms with Gasteiger partial charge in [-0.3, -0.25) is 0 Å². The van der Waals surface area contributed by atoms with Gasteiger partial charge in [0.15, 0.2) is 5.96 Å².